The minimum Gasteiger partial charge on any atom is -0.469 e. The second-order valence-corrected chi connectivity index (χ2v) is 6.97. The Labute approximate surface area is 117 Å². The third kappa shape index (κ3) is 2.64. The predicted octanol–water partition coefficient (Wildman–Crippen LogP) is 1.85. The highest BCUT2D eigenvalue weighted by Gasteiger charge is 2.27. The van der Waals surface area contributed by atoms with E-state index in [1.54, 1.807) is 19.3 Å². The summed E-state index contributed by atoms with van der Waals surface area (Å²) in [5, 5.41) is 3.72. The van der Waals surface area contributed by atoms with E-state index in [0.29, 0.717) is 24.5 Å². The van der Waals surface area contributed by atoms with Crippen LogP contribution in [0.1, 0.15) is 29.2 Å². The number of fused-ring (bicyclic) bond motifs is 1. The first-order chi connectivity index (χ1) is 9.54. The van der Waals surface area contributed by atoms with Gasteiger partial charge in [-0.05, 0) is 19.4 Å². The highest BCUT2D eigenvalue weighted by Crippen LogP contribution is 2.23. The van der Waals surface area contributed by atoms with Crippen molar-refractivity contribution in [1.82, 2.24) is 9.46 Å². The molecule has 0 unspecified atom stereocenters. The first-order valence-electron chi connectivity index (χ1n) is 6.50. The van der Waals surface area contributed by atoms with Gasteiger partial charge in [-0.1, -0.05) is 5.16 Å². The molecule has 0 radical (unpaired) electrons. The van der Waals surface area contributed by atoms with Gasteiger partial charge in [0, 0.05) is 31.1 Å². The quantitative estimate of drug-likeness (QED) is 0.864. The van der Waals surface area contributed by atoms with Crippen LogP contribution >= 0.6 is 0 Å². The molecule has 2 aromatic heterocycles. The molecule has 3 heterocycles. The molecule has 3 rings (SSSR count). The second kappa shape index (κ2) is 5.06. The van der Waals surface area contributed by atoms with Crippen LogP contribution in [-0.2, 0) is 28.7 Å². The standard InChI is InChI=1S/C13H16N2O4S/c1-10-7-12(19-14-10)9-20(16,17)15-5-2-3-13-11(8-15)4-6-18-13/h4,6-7H,2-3,5,8-9H2,1H3. The Morgan fingerprint density at radius 2 is 2.30 bits per heavy atom. The number of aromatic nitrogens is 1. The Balaban J connectivity index is 1.80. The first-order valence-corrected chi connectivity index (χ1v) is 8.11. The van der Waals surface area contributed by atoms with Crippen molar-refractivity contribution in [3.63, 3.8) is 0 Å². The molecule has 0 N–H and O–H groups in total. The van der Waals surface area contributed by atoms with E-state index < -0.39 is 10.0 Å². The normalized spacial score (nSPS) is 16.9. The molecule has 0 saturated heterocycles. The molecule has 108 valence electrons. The Kier molecular flexibility index (Phi) is 3.39. The van der Waals surface area contributed by atoms with Gasteiger partial charge < -0.3 is 8.94 Å². The predicted molar refractivity (Wildman–Crippen MR) is 71.3 cm³/mol. The fraction of sp³-hybridized carbons (Fsp3) is 0.462. The number of hydrogen-bond acceptors (Lipinski definition) is 5. The highest BCUT2D eigenvalue weighted by atomic mass is 32.2. The number of furan rings is 1. The van der Waals surface area contributed by atoms with Crippen LogP contribution < -0.4 is 0 Å². The maximum Gasteiger partial charge on any atom is 0.221 e. The lowest BCUT2D eigenvalue weighted by Crippen LogP contribution is -2.31. The summed E-state index contributed by atoms with van der Waals surface area (Å²) in [7, 11) is -3.41. The molecule has 6 nitrogen and oxygen atoms in total. The maximum atomic E-state index is 12.5. The topological polar surface area (TPSA) is 76.6 Å². The van der Waals surface area contributed by atoms with Gasteiger partial charge in [-0.3, -0.25) is 0 Å². The number of sulfonamides is 1. The number of nitrogens with zero attached hydrogens (tertiary/aromatic N) is 2. The molecule has 7 heteroatoms. The average molecular weight is 296 g/mol. The van der Waals surface area contributed by atoms with Gasteiger partial charge in [0.25, 0.3) is 0 Å². The van der Waals surface area contributed by atoms with E-state index in [2.05, 4.69) is 5.16 Å². The SMILES string of the molecule is Cc1cc(CS(=O)(=O)N2CCCc3occc3C2)on1. The summed E-state index contributed by atoms with van der Waals surface area (Å²) in [6.07, 6.45) is 3.14. The summed E-state index contributed by atoms with van der Waals surface area (Å²) in [6, 6.07) is 3.49. The van der Waals surface area contributed by atoms with Crippen LogP contribution in [0.5, 0.6) is 0 Å². The number of hydrogen-bond donors (Lipinski definition) is 0. The summed E-state index contributed by atoms with van der Waals surface area (Å²) in [4.78, 5) is 0. The maximum absolute atomic E-state index is 12.5. The van der Waals surface area contributed by atoms with Crippen LogP contribution in [0.3, 0.4) is 0 Å². The fourth-order valence-corrected chi connectivity index (χ4v) is 3.83. The van der Waals surface area contributed by atoms with E-state index >= 15 is 0 Å². The molecule has 0 atom stereocenters. The zero-order valence-corrected chi connectivity index (χ0v) is 12.0. The van der Waals surface area contributed by atoms with Crippen molar-refractivity contribution < 1.29 is 17.4 Å². The number of aryl methyl sites for hydroxylation is 2. The first kappa shape index (κ1) is 13.4. The van der Waals surface area contributed by atoms with Gasteiger partial charge in [-0.25, -0.2) is 8.42 Å². The third-order valence-corrected chi connectivity index (χ3v) is 5.14. The lowest BCUT2D eigenvalue weighted by molar-refractivity contribution is 0.376. The van der Waals surface area contributed by atoms with Crippen LogP contribution in [0, 0.1) is 6.92 Å². The zero-order valence-electron chi connectivity index (χ0n) is 11.2. The van der Waals surface area contributed by atoms with Gasteiger partial charge in [-0.2, -0.15) is 4.31 Å². The molecule has 0 saturated carbocycles. The van der Waals surface area contributed by atoms with Crippen molar-refractivity contribution >= 4 is 10.0 Å². The Morgan fingerprint density at radius 1 is 1.45 bits per heavy atom. The van der Waals surface area contributed by atoms with E-state index in [0.717, 1.165) is 24.2 Å². The fourth-order valence-electron chi connectivity index (χ4n) is 2.41. The van der Waals surface area contributed by atoms with Gasteiger partial charge in [0.2, 0.25) is 10.0 Å². The van der Waals surface area contributed by atoms with Crippen molar-refractivity contribution in [3.8, 4) is 0 Å². The van der Waals surface area contributed by atoms with Crippen molar-refractivity contribution in [1.29, 1.82) is 0 Å². The van der Waals surface area contributed by atoms with Crippen molar-refractivity contribution in [2.24, 2.45) is 0 Å². The monoisotopic (exact) mass is 296 g/mol. The van der Waals surface area contributed by atoms with Gasteiger partial charge in [-0.15, -0.1) is 0 Å². The molecule has 0 amide bonds. The molecular formula is C13H16N2O4S. The van der Waals surface area contributed by atoms with E-state index in [4.69, 9.17) is 8.94 Å². The largest absolute Gasteiger partial charge is 0.469 e. The lowest BCUT2D eigenvalue weighted by Gasteiger charge is -2.18. The molecular weight excluding hydrogens is 280 g/mol. The molecule has 0 aliphatic carbocycles. The van der Waals surface area contributed by atoms with Gasteiger partial charge in [0.1, 0.15) is 11.5 Å². The van der Waals surface area contributed by atoms with Crippen LogP contribution in [-0.4, -0.2) is 24.4 Å². The van der Waals surface area contributed by atoms with Crippen molar-refractivity contribution in [2.45, 2.75) is 32.1 Å². The Hall–Kier alpha value is -1.60. The summed E-state index contributed by atoms with van der Waals surface area (Å²) < 4.78 is 36.8. The zero-order chi connectivity index (χ0) is 14.2. The van der Waals surface area contributed by atoms with Crippen LogP contribution in [0.15, 0.2) is 27.3 Å². The number of rotatable bonds is 3. The summed E-state index contributed by atoms with van der Waals surface area (Å²) in [5.74, 6) is 1.11. The average Bonchev–Trinajstić information content (AvgIpc) is 2.93. The highest BCUT2D eigenvalue weighted by molar-refractivity contribution is 7.88. The van der Waals surface area contributed by atoms with Crippen molar-refractivity contribution in [2.75, 3.05) is 6.54 Å². The molecule has 1 aliphatic heterocycles. The van der Waals surface area contributed by atoms with E-state index in [-0.39, 0.29) is 5.75 Å². The second-order valence-electron chi connectivity index (χ2n) is 5.00. The molecule has 0 fully saturated rings. The van der Waals surface area contributed by atoms with Gasteiger partial charge >= 0.3 is 0 Å². The van der Waals surface area contributed by atoms with Gasteiger partial charge in [0.15, 0.2) is 5.76 Å². The molecule has 0 bridgehead atoms. The smallest absolute Gasteiger partial charge is 0.221 e. The van der Waals surface area contributed by atoms with Crippen LogP contribution in [0.2, 0.25) is 0 Å². The minimum absolute atomic E-state index is 0.152. The lowest BCUT2D eigenvalue weighted by atomic mass is 10.2. The van der Waals surface area contributed by atoms with Gasteiger partial charge in [0.05, 0.1) is 12.0 Å². The third-order valence-electron chi connectivity index (χ3n) is 3.39. The molecule has 0 aromatic carbocycles. The summed E-state index contributed by atoms with van der Waals surface area (Å²) >= 11 is 0. The molecule has 0 spiro atoms. The summed E-state index contributed by atoms with van der Waals surface area (Å²) in [6.45, 7) is 2.63. The molecule has 1 aliphatic rings. The van der Waals surface area contributed by atoms with Crippen LogP contribution in [0.25, 0.3) is 0 Å². The van der Waals surface area contributed by atoms with E-state index in [9.17, 15) is 8.42 Å². The Morgan fingerprint density at radius 3 is 3.05 bits per heavy atom. The van der Waals surface area contributed by atoms with Crippen LogP contribution in [0.4, 0.5) is 0 Å². The summed E-state index contributed by atoms with van der Waals surface area (Å²) in [5.41, 5.74) is 1.63. The van der Waals surface area contributed by atoms with E-state index in [1.807, 2.05) is 6.07 Å². The Bertz CT molecular complexity index is 702. The van der Waals surface area contributed by atoms with E-state index in [1.165, 1.54) is 4.31 Å². The van der Waals surface area contributed by atoms with Crippen molar-refractivity contribution in [3.05, 3.63) is 41.2 Å². The molecule has 2 aromatic rings. The molecule has 20 heavy (non-hydrogen) atoms. The minimum atomic E-state index is -3.41.